The predicted molar refractivity (Wildman–Crippen MR) is 93.4 cm³/mol. The minimum absolute atomic E-state index is 0.0229. The van der Waals surface area contributed by atoms with Gasteiger partial charge in [-0.3, -0.25) is 4.79 Å². The van der Waals surface area contributed by atoms with E-state index in [-0.39, 0.29) is 5.91 Å². The molecule has 23 heavy (non-hydrogen) atoms. The Morgan fingerprint density at radius 3 is 2.87 bits per heavy atom. The quantitative estimate of drug-likeness (QED) is 0.721. The summed E-state index contributed by atoms with van der Waals surface area (Å²) in [5, 5.41) is 0.616. The lowest BCUT2D eigenvalue weighted by atomic mass is 10.1. The van der Waals surface area contributed by atoms with Gasteiger partial charge in [0.2, 0.25) is 0 Å². The molecule has 1 aliphatic rings. The number of fused-ring (bicyclic) bond motifs is 2. The third-order valence-electron chi connectivity index (χ3n) is 4.02. The Labute approximate surface area is 138 Å². The maximum Gasteiger partial charge on any atom is 0.259 e. The fourth-order valence-corrected chi connectivity index (χ4v) is 3.13. The first kappa shape index (κ1) is 14.0. The minimum atomic E-state index is -0.0229. The fourth-order valence-electron chi connectivity index (χ4n) is 2.96. The highest BCUT2D eigenvalue weighted by Gasteiger charge is 2.31. The Hall–Kier alpha value is -2.59. The molecule has 0 saturated heterocycles. The molecule has 1 aromatic heterocycles. The maximum absolute atomic E-state index is 12.7. The lowest BCUT2D eigenvalue weighted by Gasteiger charge is -2.13. The molecular weight excluding hydrogens is 310 g/mol. The molecule has 4 nitrogen and oxygen atoms in total. The van der Waals surface area contributed by atoms with Crippen LogP contribution < -0.4 is 4.90 Å². The van der Waals surface area contributed by atoms with E-state index in [2.05, 4.69) is 9.97 Å². The summed E-state index contributed by atoms with van der Waals surface area (Å²) in [6.07, 6.45) is 1.80. The molecule has 0 saturated carbocycles. The van der Waals surface area contributed by atoms with Crippen molar-refractivity contribution >= 4 is 45.9 Å². The summed E-state index contributed by atoms with van der Waals surface area (Å²) in [5.41, 5.74) is 4.18. The van der Waals surface area contributed by atoms with Gasteiger partial charge in [-0.2, -0.15) is 0 Å². The van der Waals surface area contributed by atoms with Crippen molar-refractivity contribution < 1.29 is 4.79 Å². The SMILES string of the molecule is CCN1C(=O)/C(=C/c2nc3ccccc3[nH]2)c2cc(Cl)ccc21. The van der Waals surface area contributed by atoms with Gasteiger partial charge in [0.25, 0.3) is 5.91 Å². The number of halogens is 1. The number of benzene rings is 2. The van der Waals surface area contributed by atoms with Gasteiger partial charge in [0.1, 0.15) is 5.82 Å². The van der Waals surface area contributed by atoms with E-state index in [9.17, 15) is 4.79 Å². The molecular formula is C18H14ClN3O. The predicted octanol–water partition coefficient (Wildman–Crippen LogP) is 4.12. The number of carbonyl (C=O) groups excluding carboxylic acids is 1. The van der Waals surface area contributed by atoms with Gasteiger partial charge in [-0.15, -0.1) is 0 Å². The number of carbonyl (C=O) groups is 1. The Balaban J connectivity index is 1.87. The van der Waals surface area contributed by atoms with Crippen LogP contribution in [0.2, 0.25) is 5.02 Å². The first-order chi connectivity index (χ1) is 11.2. The third-order valence-corrected chi connectivity index (χ3v) is 4.26. The number of aromatic nitrogens is 2. The summed E-state index contributed by atoms with van der Waals surface area (Å²) in [7, 11) is 0. The number of amides is 1. The maximum atomic E-state index is 12.7. The number of hydrogen-bond acceptors (Lipinski definition) is 2. The molecule has 1 aliphatic heterocycles. The van der Waals surface area contributed by atoms with Gasteiger partial charge < -0.3 is 9.88 Å². The number of nitrogens with one attached hydrogen (secondary N) is 1. The van der Waals surface area contributed by atoms with Crippen molar-refractivity contribution in [3.63, 3.8) is 0 Å². The van der Waals surface area contributed by atoms with Crippen LogP contribution >= 0.6 is 11.6 Å². The molecule has 0 fully saturated rings. The number of aromatic amines is 1. The smallest absolute Gasteiger partial charge is 0.259 e. The number of nitrogens with zero attached hydrogens (tertiary/aromatic N) is 2. The Morgan fingerprint density at radius 1 is 1.26 bits per heavy atom. The molecule has 0 unspecified atom stereocenters. The minimum Gasteiger partial charge on any atom is -0.338 e. The second kappa shape index (κ2) is 5.25. The Morgan fingerprint density at radius 2 is 2.09 bits per heavy atom. The standard InChI is InChI=1S/C18H14ClN3O/c1-2-22-16-8-7-11(19)9-12(16)13(18(22)23)10-17-20-14-5-3-4-6-15(14)21-17/h3-10H,2H2,1H3,(H,20,21)/b13-10+. The van der Waals surface area contributed by atoms with Crippen LogP contribution in [0.3, 0.4) is 0 Å². The van der Waals surface area contributed by atoms with Crippen LogP contribution in [-0.4, -0.2) is 22.4 Å². The summed E-state index contributed by atoms with van der Waals surface area (Å²) >= 11 is 6.11. The number of H-pyrrole nitrogens is 1. The van der Waals surface area contributed by atoms with E-state index in [0.29, 0.717) is 23.0 Å². The fraction of sp³-hybridized carbons (Fsp3) is 0.111. The average Bonchev–Trinajstić information content (AvgIpc) is 3.07. The van der Waals surface area contributed by atoms with E-state index in [1.165, 1.54) is 0 Å². The van der Waals surface area contributed by atoms with Crippen LogP contribution in [0.15, 0.2) is 42.5 Å². The van der Waals surface area contributed by atoms with Crippen LogP contribution in [0.4, 0.5) is 5.69 Å². The molecule has 0 atom stereocenters. The Bertz CT molecular complexity index is 925. The first-order valence-electron chi connectivity index (χ1n) is 7.45. The summed E-state index contributed by atoms with van der Waals surface area (Å²) in [6, 6.07) is 13.3. The highest BCUT2D eigenvalue weighted by molar-refractivity contribution is 6.37. The van der Waals surface area contributed by atoms with Crippen molar-refractivity contribution in [2.24, 2.45) is 0 Å². The molecule has 1 N–H and O–H groups in total. The molecule has 2 aromatic carbocycles. The van der Waals surface area contributed by atoms with Crippen LogP contribution in [-0.2, 0) is 4.79 Å². The zero-order valence-corrected chi connectivity index (χ0v) is 13.3. The topological polar surface area (TPSA) is 49.0 Å². The van der Waals surface area contributed by atoms with Gasteiger partial charge in [-0.1, -0.05) is 23.7 Å². The van der Waals surface area contributed by atoms with Crippen molar-refractivity contribution in [1.29, 1.82) is 0 Å². The summed E-state index contributed by atoms with van der Waals surface area (Å²) in [6.45, 7) is 2.57. The lowest BCUT2D eigenvalue weighted by molar-refractivity contribution is -0.112. The zero-order chi connectivity index (χ0) is 16.0. The number of hydrogen-bond donors (Lipinski definition) is 1. The van der Waals surface area contributed by atoms with Crippen LogP contribution in [0.1, 0.15) is 18.3 Å². The molecule has 2 heterocycles. The zero-order valence-electron chi connectivity index (χ0n) is 12.5. The van der Waals surface area contributed by atoms with Crippen molar-refractivity contribution in [2.45, 2.75) is 6.92 Å². The molecule has 0 aliphatic carbocycles. The van der Waals surface area contributed by atoms with Gasteiger partial charge in [-0.25, -0.2) is 4.98 Å². The van der Waals surface area contributed by atoms with E-state index in [1.54, 1.807) is 17.0 Å². The molecule has 114 valence electrons. The molecule has 0 radical (unpaired) electrons. The molecule has 4 rings (SSSR count). The second-order valence-corrected chi connectivity index (χ2v) is 5.84. The number of anilines is 1. The number of likely N-dealkylation sites (N-methyl/N-ethyl adjacent to an activating group) is 1. The van der Waals surface area contributed by atoms with E-state index >= 15 is 0 Å². The molecule has 5 heteroatoms. The van der Waals surface area contributed by atoms with E-state index in [4.69, 9.17) is 11.6 Å². The summed E-state index contributed by atoms with van der Waals surface area (Å²) < 4.78 is 0. The van der Waals surface area contributed by atoms with Crippen molar-refractivity contribution in [3.8, 4) is 0 Å². The van der Waals surface area contributed by atoms with Crippen molar-refractivity contribution in [3.05, 3.63) is 58.9 Å². The van der Waals surface area contributed by atoms with Crippen LogP contribution in [0.25, 0.3) is 22.7 Å². The summed E-state index contributed by atoms with van der Waals surface area (Å²) in [5.74, 6) is 0.642. The molecule has 0 spiro atoms. The van der Waals surface area contributed by atoms with Gasteiger partial charge in [0, 0.05) is 17.1 Å². The van der Waals surface area contributed by atoms with Crippen molar-refractivity contribution in [1.82, 2.24) is 9.97 Å². The highest BCUT2D eigenvalue weighted by atomic mass is 35.5. The van der Waals surface area contributed by atoms with E-state index in [0.717, 1.165) is 22.3 Å². The van der Waals surface area contributed by atoms with Gasteiger partial charge in [0.15, 0.2) is 0 Å². The normalized spacial score (nSPS) is 15.7. The largest absolute Gasteiger partial charge is 0.338 e. The van der Waals surface area contributed by atoms with E-state index in [1.807, 2.05) is 43.3 Å². The molecule has 3 aromatic rings. The highest BCUT2D eigenvalue weighted by Crippen LogP contribution is 2.38. The van der Waals surface area contributed by atoms with Crippen molar-refractivity contribution in [2.75, 3.05) is 11.4 Å². The van der Waals surface area contributed by atoms with Crippen LogP contribution in [0.5, 0.6) is 0 Å². The lowest BCUT2D eigenvalue weighted by Crippen LogP contribution is -2.25. The van der Waals surface area contributed by atoms with Crippen LogP contribution in [0, 0.1) is 0 Å². The third kappa shape index (κ3) is 2.23. The summed E-state index contributed by atoms with van der Waals surface area (Å²) in [4.78, 5) is 22.2. The molecule has 1 amide bonds. The first-order valence-corrected chi connectivity index (χ1v) is 7.83. The average molecular weight is 324 g/mol. The number of para-hydroxylation sites is 2. The second-order valence-electron chi connectivity index (χ2n) is 5.41. The van der Waals surface area contributed by atoms with Gasteiger partial charge >= 0.3 is 0 Å². The van der Waals surface area contributed by atoms with Gasteiger partial charge in [0.05, 0.1) is 22.3 Å². The Kier molecular flexibility index (Phi) is 3.20. The van der Waals surface area contributed by atoms with Gasteiger partial charge in [-0.05, 0) is 43.3 Å². The molecule has 0 bridgehead atoms. The van der Waals surface area contributed by atoms with E-state index < -0.39 is 0 Å². The number of rotatable bonds is 2. The monoisotopic (exact) mass is 323 g/mol. The number of imidazole rings is 1.